The number of anilines is 1. The number of rotatable bonds is 4. The van der Waals surface area contributed by atoms with E-state index in [1.54, 1.807) is 0 Å². The van der Waals surface area contributed by atoms with Crippen molar-refractivity contribution in [1.29, 1.82) is 0 Å². The van der Waals surface area contributed by atoms with Gasteiger partial charge in [0.25, 0.3) is 5.91 Å². The summed E-state index contributed by atoms with van der Waals surface area (Å²) >= 11 is 0. The van der Waals surface area contributed by atoms with Gasteiger partial charge in [-0.2, -0.15) is 0 Å². The van der Waals surface area contributed by atoms with Gasteiger partial charge in [0.05, 0.1) is 12.2 Å². The number of ether oxygens (including phenoxy) is 1. The third kappa shape index (κ3) is 2.84. The lowest BCUT2D eigenvalue weighted by molar-refractivity contribution is 0.0984. The monoisotopic (exact) mass is 295 g/mol. The summed E-state index contributed by atoms with van der Waals surface area (Å²) in [5.41, 5.74) is 2.89. The molecule has 1 aliphatic heterocycles. The van der Waals surface area contributed by atoms with Crippen LogP contribution >= 0.6 is 0 Å². The van der Waals surface area contributed by atoms with Crippen molar-refractivity contribution in [2.45, 2.75) is 20.3 Å². The van der Waals surface area contributed by atoms with E-state index in [2.05, 4.69) is 19.9 Å². The molecule has 0 saturated heterocycles. The summed E-state index contributed by atoms with van der Waals surface area (Å²) in [6.45, 7) is 5.54. The van der Waals surface area contributed by atoms with Crippen molar-refractivity contribution in [3.63, 3.8) is 0 Å². The van der Waals surface area contributed by atoms with E-state index in [1.807, 2.05) is 47.4 Å². The fraction of sp³-hybridized carbons (Fsp3) is 0.316. The first-order chi connectivity index (χ1) is 10.7. The second kappa shape index (κ2) is 6.22. The third-order valence-corrected chi connectivity index (χ3v) is 3.82. The van der Waals surface area contributed by atoms with E-state index < -0.39 is 0 Å². The molecule has 3 rings (SSSR count). The van der Waals surface area contributed by atoms with E-state index in [4.69, 9.17) is 4.74 Å². The topological polar surface area (TPSA) is 29.5 Å². The molecule has 0 aliphatic carbocycles. The van der Waals surface area contributed by atoms with Gasteiger partial charge in [-0.25, -0.2) is 0 Å². The van der Waals surface area contributed by atoms with Gasteiger partial charge < -0.3 is 9.64 Å². The first kappa shape index (κ1) is 14.6. The molecule has 0 saturated carbocycles. The molecule has 22 heavy (non-hydrogen) atoms. The second-order valence-electron chi connectivity index (χ2n) is 6.04. The maximum Gasteiger partial charge on any atom is 0.262 e. The van der Waals surface area contributed by atoms with E-state index in [9.17, 15) is 4.79 Å². The number of hydrogen-bond acceptors (Lipinski definition) is 2. The Morgan fingerprint density at radius 1 is 1.14 bits per heavy atom. The summed E-state index contributed by atoms with van der Waals surface area (Å²) in [6.07, 6.45) is 0.914. The number of carbonyl (C=O) groups is 1. The number of hydrogen-bond donors (Lipinski definition) is 0. The fourth-order valence-electron chi connectivity index (χ4n) is 2.72. The zero-order valence-electron chi connectivity index (χ0n) is 13.1. The largest absolute Gasteiger partial charge is 0.492 e. The molecule has 0 atom stereocenters. The SMILES string of the molecule is CC(C)COc1ccccc1C(=O)N1CCc2ccccc21. The molecule has 1 amide bonds. The molecule has 1 aliphatic rings. The van der Waals surface area contributed by atoms with Crippen LogP contribution in [0.15, 0.2) is 48.5 Å². The zero-order valence-corrected chi connectivity index (χ0v) is 13.1. The first-order valence-electron chi connectivity index (χ1n) is 7.78. The predicted octanol–water partition coefficient (Wildman–Crippen LogP) is 3.92. The van der Waals surface area contributed by atoms with Gasteiger partial charge in [-0.05, 0) is 36.1 Å². The van der Waals surface area contributed by atoms with Gasteiger partial charge >= 0.3 is 0 Å². The van der Waals surface area contributed by atoms with E-state index >= 15 is 0 Å². The lowest BCUT2D eigenvalue weighted by Crippen LogP contribution is -2.29. The summed E-state index contributed by atoms with van der Waals surface area (Å²) < 4.78 is 5.82. The molecule has 114 valence electrons. The van der Waals surface area contributed by atoms with Crippen LogP contribution in [0.1, 0.15) is 29.8 Å². The summed E-state index contributed by atoms with van der Waals surface area (Å²) in [7, 11) is 0. The van der Waals surface area contributed by atoms with E-state index in [0.29, 0.717) is 23.8 Å². The van der Waals surface area contributed by atoms with Crippen LogP contribution < -0.4 is 9.64 Å². The van der Waals surface area contributed by atoms with Crippen LogP contribution in [0.4, 0.5) is 5.69 Å². The molecule has 0 N–H and O–H groups in total. The van der Waals surface area contributed by atoms with Crippen molar-refractivity contribution in [1.82, 2.24) is 0 Å². The molecule has 0 aromatic heterocycles. The van der Waals surface area contributed by atoms with Gasteiger partial charge in [0.1, 0.15) is 5.75 Å². The third-order valence-electron chi connectivity index (χ3n) is 3.82. The lowest BCUT2D eigenvalue weighted by Gasteiger charge is -2.19. The number of amides is 1. The summed E-state index contributed by atoms with van der Waals surface area (Å²) in [5.74, 6) is 1.12. The zero-order chi connectivity index (χ0) is 15.5. The maximum absolute atomic E-state index is 12.9. The average molecular weight is 295 g/mol. The van der Waals surface area contributed by atoms with Crippen LogP contribution in [0.2, 0.25) is 0 Å². The summed E-state index contributed by atoms with van der Waals surface area (Å²) in [5, 5.41) is 0. The molecule has 0 spiro atoms. The second-order valence-corrected chi connectivity index (χ2v) is 6.04. The molecule has 0 fully saturated rings. The van der Waals surface area contributed by atoms with E-state index in [0.717, 1.165) is 18.7 Å². The van der Waals surface area contributed by atoms with Gasteiger partial charge in [0, 0.05) is 12.2 Å². The van der Waals surface area contributed by atoms with E-state index in [-0.39, 0.29) is 5.91 Å². The number of nitrogens with zero attached hydrogens (tertiary/aromatic N) is 1. The fourth-order valence-corrected chi connectivity index (χ4v) is 2.72. The van der Waals surface area contributed by atoms with Crippen LogP contribution in [0, 0.1) is 5.92 Å². The molecule has 1 heterocycles. The van der Waals surface area contributed by atoms with Gasteiger partial charge in [-0.1, -0.05) is 44.2 Å². The van der Waals surface area contributed by atoms with Crippen molar-refractivity contribution < 1.29 is 9.53 Å². The van der Waals surface area contributed by atoms with Gasteiger partial charge in [0.15, 0.2) is 0 Å². The first-order valence-corrected chi connectivity index (χ1v) is 7.78. The Morgan fingerprint density at radius 2 is 1.86 bits per heavy atom. The highest BCUT2D eigenvalue weighted by Gasteiger charge is 2.26. The van der Waals surface area contributed by atoms with Gasteiger partial charge in [0.2, 0.25) is 0 Å². The molecular formula is C19H21NO2. The Labute approximate surface area is 131 Å². The Bertz CT molecular complexity index is 679. The van der Waals surface area contributed by atoms with Crippen molar-refractivity contribution >= 4 is 11.6 Å². The lowest BCUT2D eigenvalue weighted by atomic mass is 10.1. The molecular weight excluding hydrogens is 274 g/mol. The number of carbonyl (C=O) groups excluding carboxylic acids is 1. The van der Waals surface area contributed by atoms with E-state index in [1.165, 1.54) is 5.56 Å². The highest BCUT2D eigenvalue weighted by molar-refractivity contribution is 6.08. The van der Waals surface area contributed by atoms with Crippen molar-refractivity contribution in [2.75, 3.05) is 18.1 Å². The van der Waals surface area contributed by atoms with Gasteiger partial charge in [-0.3, -0.25) is 4.79 Å². The molecule has 0 unspecified atom stereocenters. The van der Waals surface area contributed by atoms with Crippen molar-refractivity contribution in [2.24, 2.45) is 5.92 Å². The summed E-state index contributed by atoms with van der Waals surface area (Å²) in [4.78, 5) is 14.8. The Kier molecular flexibility index (Phi) is 4.14. The van der Waals surface area contributed by atoms with Crippen molar-refractivity contribution in [3.8, 4) is 5.75 Å². The minimum absolute atomic E-state index is 0.0179. The molecule has 3 heteroatoms. The minimum Gasteiger partial charge on any atom is -0.492 e. The molecule has 2 aromatic rings. The smallest absolute Gasteiger partial charge is 0.262 e. The summed E-state index contributed by atoms with van der Waals surface area (Å²) in [6, 6.07) is 15.6. The number of fused-ring (bicyclic) bond motifs is 1. The Balaban J connectivity index is 1.87. The predicted molar refractivity (Wildman–Crippen MR) is 88.6 cm³/mol. The number of benzene rings is 2. The minimum atomic E-state index is 0.0179. The standard InChI is InChI=1S/C19H21NO2/c1-14(2)13-22-18-10-6-4-8-16(18)19(21)20-12-11-15-7-3-5-9-17(15)20/h3-10,14H,11-13H2,1-2H3. The van der Waals surface area contributed by atoms with Gasteiger partial charge in [-0.15, -0.1) is 0 Å². The van der Waals surface area contributed by atoms with Crippen LogP contribution in [0.5, 0.6) is 5.75 Å². The molecule has 0 radical (unpaired) electrons. The molecule has 2 aromatic carbocycles. The van der Waals surface area contributed by atoms with Crippen molar-refractivity contribution in [3.05, 3.63) is 59.7 Å². The Morgan fingerprint density at radius 3 is 2.68 bits per heavy atom. The van der Waals surface area contributed by atoms with Crippen LogP contribution in [0.25, 0.3) is 0 Å². The molecule has 0 bridgehead atoms. The quantitative estimate of drug-likeness (QED) is 0.855. The molecule has 3 nitrogen and oxygen atoms in total. The Hall–Kier alpha value is -2.29. The maximum atomic E-state index is 12.9. The van der Waals surface area contributed by atoms with Crippen LogP contribution in [-0.2, 0) is 6.42 Å². The van der Waals surface area contributed by atoms with Crippen LogP contribution in [0.3, 0.4) is 0 Å². The normalized spacial score (nSPS) is 13.3. The highest BCUT2D eigenvalue weighted by atomic mass is 16.5. The van der Waals surface area contributed by atoms with Crippen LogP contribution in [-0.4, -0.2) is 19.1 Å². The average Bonchev–Trinajstić information content (AvgIpc) is 2.96. The number of para-hydroxylation sites is 2. The highest BCUT2D eigenvalue weighted by Crippen LogP contribution is 2.30.